The van der Waals surface area contributed by atoms with E-state index >= 15 is 0 Å². The molecule has 1 aromatic rings. The number of thioether (sulfide) groups is 1. The van der Waals surface area contributed by atoms with Crippen molar-refractivity contribution in [2.24, 2.45) is 0 Å². The Labute approximate surface area is 119 Å². The summed E-state index contributed by atoms with van der Waals surface area (Å²) < 4.78 is 0. The zero-order valence-corrected chi connectivity index (χ0v) is 11.6. The fourth-order valence-electron chi connectivity index (χ4n) is 1.71. The number of amides is 2. The van der Waals surface area contributed by atoms with E-state index in [0.29, 0.717) is 23.8 Å². The minimum Gasteiger partial charge on any atom is -0.478 e. The van der Waals surface area contributed by atoms with E-state index in [0.717, 1.165) is 11.5 Å². The smallest absolute Gasteiger partial charge is 0.335 e. The molecule has 19 heavy (non-hydrogen) atoms. The van der Waals surface area contributed by atoms with Gasteiger partial charge >= 0.3 is 12.0 Å². The summed E-state index contributed by atoms with van der Waals surface area (Å²) in [5, 5.41) is 11.9. The van der Waals surface area contributed by atoms with Crippen LogP contribution in [-0.2, 0) is 0 Å². The van der Waals surface area contributed by atoms with Crippen LogP contribution in [0.1, 0.15) is 10.4 Å². The average Bonchev–Trinajstić information content (AvgIpc) is 2.42. The van der Waals surface area contributed by atoms with Crippen molar-refractivity contribution in [3.8, 4) is 0 Å². The maximum absolute atomic E-state index is 12.0. The van der Waals surface area contributed by atoms with E-state index < -0.39 is 5.97 Å². The van der Waals surface area contributed by atoms with Crippen molar-refractivity contribution in [3.63, 3.8) is 0 Å². The SMILES string of the molecule is O=C(O)c1ccc(Cl)c(NC(=O)N2CCSCC2)c1. The Morgan fingerprint density at radius 2 is 2.00 bits per heavy atom. The predicted molar refractivity (Wildman–Crippen MR) is 76.3 cm³/mol. The number of benzene rings is 1. The Bertz CT molecular complexity index is 504. The molecule has 0 radical (unpaired) electrons. The number of carbonyl (C=O) groups is 2. The van der Waals surface area contributed by atoms with Gasteiger partial charge < -0.3 is 15.3 Å². The number of carboxylic acid groups (broad SMARTS) is 1. The maximum atomic E-state index is 12.0. The lowest BCUT2D eigenvalue weighted by molar-refractivity contribution is 0.0697. The third-order valence-corrected chi connectivity index (χ3v) is 4.03. The van der Waals surface area contributed by atoms with E-state index in [-0.39, 0.29) is 11.6 Å². The molecule has 2 N–H and O–H groups in total. The highest BCUT2D eigenvalue weighted by Crippen LogP contribution is 2.24. The fraction of sp³-hybridized carbons (Fsp3) is 0.333. The topological polar surface area (TPSA) is 69.6 Å². The largest absolute Gasteiger partial charge is 0.478 e. The fourth-order valence-corrected chi connectivity index (χ4v) is 2.78. The van der Waals surface area contributed by atoms with Crippen molar-refractivity contribution in [1.82, 2.24) is 4.90 Å². The first-order valence-corrected chi connectivity index (χ1v) is 7.27. The molecule has 102 valence electrons. The molecule has 0 unspecified atom stereocenters. The maximum Gasteiger partial charge on any atom is 0.335 e. The van der Waals surface area contributed by atoms with Gasteiger partial charge in [0.1, 0.15) is 0 Å². The lowest BCUT2D eigenvalue weighted by Crippen LogP contribution is -2.40. The molecule has 0 aromatic heterocycles. The molecular weight excluding hydrogens is 288 g/mol. The van der Waals surface area contributed by atoms with Crippen LogP contribution in [-0.4, -0.2) is 46.6 Å². The van der Waals surface area contributed by atoms with Gasteiger partial charge in [-0.15, -0.1) is 0 Å². The zero-order valence-electron chi connectivity index (χ0n) is 10.1. The van der Waals surface area contributed by atoms with Gasteiger partial charge in [0.05, 0.1) is 16.3 Å². The number of carboxylic acids is 1. The van der Waals surface area contributed by atoms with E-state index in [4.69, 9.17) is 16.7 Å². The van der Waals surface area contributed by atoms with Crippen LogP contribution < -0.4 is 5.32 Å². The quantitative estimate of drug-likeness (QED) is 0.881. The van der Waals surface area contributed by atoms with E-state index in [1.807, 2.05) is 0 Å². The predicted octanol–water partition coefficient (Wildman–Crippen LogP) is 2.62. The molecule has 1 aromatic carbocycles. The molecule has 1 aliphatic rings. The Balaban J connectivity index is 2.11. The average molecular weight is 301 g/mol. The van der Waals surface area contributed by atoms with Crippen molar-refractivity contribution in [2.45, 2.75) is 0 Å². The van der Waals surface area contributed by atoms with Crippen molar-refractivity contribution in [3.05, 3.63) is 28.8 Å². The Kier molecular flexibility index (Phi) is 4.55. The molecular formula is C12H13ClN2O3S. The first-order valence-electron chi connectivity index (χ1n) is 5.74. The second-order valence-electron chi connectivity index (χ2n) is 4.03. The number of hydrogen-bond acceptors (Lipinski definition) is 3. The highest BCUT2D eigenvalue weighted by Gasteiger charge is 2.18. The van der Waals surface area contributed by atoms with Crippen LogP contribution in [0.4, 0.5) is 10.5 Å². The highest BCUT2D eigenvalue weighted by molar-refractivity contribution is 7.99. The van der Waals surface area contributed by atoms with E-state index in [1.54, 1.807) is 16.7 Å². The van der Waals surface area contributed by atoms with Gasteiger partial charge in [0.15, 0.2) is 0 Å². The van der Waals surface area contributed by atoms with Gasteiger partial charge in [-0.25, -0.2) is 9.59 Å². The number of carbonyl (C=O) groups excluding carboxylic acids is 1. The minimum absolute atomic E-state index is 0.0916. The lowest BCUT2D eigenvalue weighted by Gasteiger charge is -2.26. The molecule has 7 heteroatoms. The van der Waals surface area contributed by atoms with E-state index in [1.165, 1.54) is 18.2 Å². The second-order valence-corrected chi connectivity index (χ2v) is 5.66. The van der Waals surface area contributed by atoms with Crippen LogP contribution in [0.15, 0.2) is 18.2 Å². The number of aromatic carboxylic acids is 1. The summed E-state index contributed by atoms with van der Waals surface area (Å²) in [6.45, 7) is 1.37. The van der Waals surface area contributed by atoms with Crippen molar-refractivity contribution in [2.75, 3.05) is 29.9 Å². The molecule has 0 spiro atoms. The van der Waals surface area contributed by atoms with Gasteiger partial charge in [0.2, 0.25) is 0 Å². The lowest BCUT2D eigenvalue weighted by atomic mass is 10.2. The van der Waals surface area contributed by atoms with Crippen LogP contribution in [0.3, 0.4) is 0 Å². The first-order chi connectivity index (χ1) is 9.08. The number of rotatable bonds is 2. The zero-order chi connectivity index (χ0) is 13.8. The Hall–Kier alpha value is -1.40. The molecule has 0 aliphatic carbocycles. The minimum atomic E-state index is -1.05. The van der Waals surface area contributed by atoms with Gasteiger partial charge in [-0.3, -0.25) is 0 Å². The number of halogens is 1. The Morgan fingerprint density at radius 3 is 2.63 bits per heavy atom. The van der Waals surface area contributed by atoms with Gasteiger partial charge in [0.25, 0.3) is 0 Å². The molecule has 5 nitrogen and oxygen atoms in total. The molecule has 1 saturated heterocycles. The van der Waals surface area contributed by atoms with Crippen molar-refractivity contribution < 1.29 is 14.7 Å². The first kappa shape index (κ1) is 14.0. The number of nitrogens with one attached hydrogen (secondary N) is 1. The van der Waals surface area contributed by atoms with Gasteiger partial charge in [0, 0.05) is 24.6 Å². The third kappa shape index (κ3) is 3.54. The van der Waals surface area contributed by atoms with Crippen LogP contribution >= 0.6 is 23.4 Å². The summed E-state index contributed by atoms with van der Waals surface area (Å²) in [7, 11) is 0. The summed E-state index contributed by atoms with van der Waals surface area (Å²) >= 11 is 7.76. The van der Waals surface area contributed by atoms with Crippen LogP contribution in [0.5, 0.6) is 0 Å². The normalized spacial score (nSPS) is 15.1. The molecule has 0 bridgehead atoms. The summed E-state index contributed by atoms with van der Waals surface area (Å²) in [6.07, 6.45) is 0. The summed E-state index contributed by atoms with van der Waals surface area (Å²) in [6, 6.07) is 3.98. The van der Waals surface area contributed by atoms with Gasteiger partial charge in [-0.1, -0.05) is 11.6 Å². The monoisotopic (exact) mass is 300 g/mol. The van der Waals surface area contributed by atoms with Crippen LogP contribution in [0.25, 0.3) is 0 Å². The van der Waals surface area contributed by atoms with Gasteiger partial charge in [-0.05, 0) is 18.2 Å². The molecule has 2 rings (SSSR count). The second kappa shape index (κ2) is 6.16. The summed E-state index contributed by atoms with van der Waals surface area (Å²) in [4.78, 5) is 24.6. The molecule has 2 amide bonds. The molecule has 1 fully saturated rings. The number of urea groups is 1. The van der Waals surface area contributed by atoms with Gasteiger partial charge in [-0.2, -0.15) is 11.8 Å². The molecule has 1 aliphatic heterocycles. The highest BCUT2D eigenvalue weighted by atomic mass is 35.5. The van der Waals surface area contributed by atoms with Crippen LogP contribution in [0, 0.1) is 0 Å². The molecule has 0 atom stereocenters. The van der Waals surface area contributed by atoms with E-state index in [2.05, 4.69) is 5.32 Å². The van der Waals surface area contributed by atoms with Crippen LogP contribution in [0.2, 0.25) is 5.02 Å². The summed E-state index contributed by atoms with van der Waals surface area (Å²) in [5.41, 5.74) is 0.415. The standard InChI is InChI=1S/C12H13ClN2O3S/c13-9-2-1-8(11(16)17)7-10(9)14-12(18)15-3-5-19-6-4-15/h1-2,7H,3-6H2,(H,14,18)(H,16,17). The van der Waals surface area contributed by atoms with E-state index in [9.17, 15) is 9.59 Å². The molecule has 1 heterocycles. The summed E-state index contributed by atoms with van der Waals surface area (Å²) in [5.74, 6) is 0.772. The van der Waals surface area contributed by atoms with Crippen molar-refractivity contribution >= 4 is 41.1 Å². The Morgan fingerprint density at radius 1 is 1.32 bits per heavy atom. The molecule has 0 saturated carbocycles. The van der Waals surface area contributed by atoms with Crippen molar-refractivity contribution in [1.29, 1.82) is 0 Å². The number of nitrogens with zero attached hydrogens (tertiary/aromatic N) is 1. The number of hydrogen-bond donors (Lipinski definition) is 2. The third-order valence-electron chi connectivity index (χ3n) is 2.75. The number of anilines is 1.